The first-order chi connectivity index (χ1) is 16.0. The van der Waals surface area contributed by atoms with Gasteiger partial charge in [-0.2, -0.15) is 61.0 Å². The Kier molecular flexibility index (Phi) is 10.9. The lowest BCUT2D eigenvalue weighted by atomic mass is 10.0. The van der Waals surface area contributed by atoms with E-state index in [1.54, 1.807) is 0 Å². The number of hydrogen-bond acceptors (Lipinski definition) is 6. The number of sulfonamides is 1. The van der Waals surface area contributed by atoms with Crippen molar-refractivity contribution in [2.75, 3.05) is 52.6 Å². The predicted molar refractivity (Wildman–Crippen MR) is 102 cm³/mol. The van der Waals surface area contributed by atoms with Crippen molar-refractivity contribution in [3.05, 3.63) is 0 Å². The molecule has 0 aromatic rings. The largest absolute Gasteiger partial charge is 0.460 e. The van der Waals surface area contributed by atoms with Gasteiger partial charge in [0.1, 0.15) is 12.3 Å². The summed E-state index contributed by atoms with van der Waals surface area (Å²) in [6, 6.07) is 0. The van der Waals surface area contributed by atoms with Gasteiger partial charge in [0.05, 0.1) is 33.4 Å². The van der Waals surface area contributed by atoms with Gasteiger partial charge in [0.25, 0.3) is 20.1 Å². The molecule has 0 aromatic carbocycles. The maximum Gasteiger partial charge on any atom is 0.460 e. The van der Waals surface area contributed by atoms with Crippen molar-refractivity contribution in [1.29, 1.82) is 0 Å². The zero-order valence-corrected chi connectivity index (χ0v) is 20.5. The highest BCUT2D eigenvalue weighted by Gasteiger charge is 2.89. The molecular formula is C15H24F11N2O7S2+. The topological polar surface area (TPSA) is 132 Å². The maximum absolute atomic E-state index is 14.4. The van der Waals surface area contributed by atoms with Crippen LogP contribution in [-0.2, 0) is 20.1 Å². The summed E-state index contributed by atoms with van der Waals surface area (Å²) in [6.45, 7) is -4.10. The highest BCUT2D eigenvalue weighted by Crippen LogP contribution is 2.58. The van der Waals surface area contributed by atoms with Gasteiger partial charge in [0, 0.05) is 19.5 Å². The molecule has 0 rings (SSSR count). The number of halogens is 11. The van der Waals surface area contributed by atoms with E-state index in [4.69, 9.17) is 9.66 Å². The van der Waals surface area contributed by atoms with Crippen LogP contribution in [-0.4, -0.2) is 128 Å². The van der Waals surface area contributed by atoms with Gasteiger partial charge < -0.3 is 14.7 Å². The Morgan fingerprint density at radius 3 is 1.65 bits per heavy atom. The van der Waals surface area contributed by atoms with Crippen molar-refractivity contribution in [2.45, 2.75) is 41.7 Å². The highest BCUT2D eigenvalue weighted by atomic mass is 32.2. The molecule has 224 valence electrons. The number of alkyl halides is 11. The lowest BCUT2D eigenvalue weighted by Gasteiger charge is -2.38. The molecular weight excluding hydrogens is 593 g/mol. The fraction of sp³-hybridized carbons (Fsp3) is 1.00. The second-order valence-corrected chi connectivity index (χ2v) is 11.9. The molecule has 1 atom stereocenters. The third-order valence-corrected chi connectivity index (χ3v) is 7.59. The predicted octanol–water partition coefficient (Wildman–Crippen LogP) is 1.39. The first-order valence-corrected chi connectivity index (χ1v) is 12.7. The van der Waals surface area contributed by atoms with Crippen LogP contribution in [0, 0.1) is 0 Å². The zero-order valence-electron chi connectivity index (χ0n) is 18.9. The van der Waals surface area contributed by atoms with Crippen LogP contribution >= 0.6 is 0 Å². The molecule has 0 saturated carbocycles. The Bertz CT molecular complexity index is 987. The average molecular weight is 617 g/mol. The minimum absolute atomic E-state index is 0.0505. The van der Waals surface area contributed by atoms with Crippen LogP contribution in [0.25, 0.3) is 0 Å². The second-order valence-electron chi connectivity index (χ2n) is 8.46. The number of nitrogens with zero attached hydrogens (tertiary/aromatic N) is 2. The van der Waals surface area contributed by atoms with E-state index in [0.717, 1.165) is 0 Å². The highest BCUT2D eigenvalue weighted by molar-refractivity contribution is 7.90. The number of rotatable bonds is 15. The molecule has 0 aromatic heterocycles. The smallest absolute Gasteiger partial charge is 0.391 e. The summed E-state index contributed by atoms with van der Waals surface area (Å²) in [4.78, 5) is 0. The van der Waals surface area contributed by atoms with Gasteiger partial charge in [0.2, 0.25) is 0 Å². The number of quaternary nitrogens is 1. The minimum atomic E-state index is -8.02. The van der Waals surface area contributed by atoms with Crippen molar-refractivity contribution in [3.8, 4) is 0 Å². The van der Waals surface area contributed by atoms with Gasteiger partial charge in [-0.1, -0.05) is 0 Å². The number of aliphatic hydroxyl groups is 2. The summed E-state index contributed by atoms with van der Waals surface area (Å²) in [5.74, 6) is -25.6. The summed E-state index contributed by atoms with van der Waals surface area (Å²) in [7, 11) is -9.76. The van der Waals surface area contributed by atoms with Crippen molar-refractivity contribution < 1.29 is 84.4 Å². The van der Waals surface area contributed by atoms with E-state index >= 15 is 0 Å². The van der Waals surface area contributed by atoms with Gasteiger partial charge >= 0.3 is 29.2 Å². The Labute approximate surface area is 203 Å². The van der Waals surface area contributed by atoms with Crippen LogP contribution in [0.1, 0.15) is 6.42 Å². The van der Waals surface area contributed by atoms with E-state index in [2.05, 4.69) is 0 Å². The van der Waals surface area contributed by atoms with E-state index in [1.165, 1.54) is 14.1 Å². The van der Waals surface area contributed by atoms with E-state index < -0.39 is 91.6 Å². The van der Waals surface area contributed by atoms with E-state index in [-0.39, 0.29) is 17.6 Å². The van der Waals surface area contributed by atoms with Crippen molar-refractivity contribution >= 4 is 20.1 Å². The first kappa shape index (κ1) is 35.9. The standard InChI is InChI=1S/C15H23F11N2O7S2/c1-28(2,6-7-29)5-3-4-27(8-10(30)9-36(31,32)33)37(34,35)15(25,26)13(20,21)11(16,17)12(18,19)14(22,23)24/h10,29-30H,3-9H2,1-2H3/p+1. The molecule has 0 spiro atoms. The Morgan fingerprint density at radius 2 is 1.27 bits per heavy atom. The van der Waals surface area contributed by atoms with Crippen LogP contribution in [0.3, 0.4) is 0 Å². The quantitative estimate of drug-likeness (QED) is 0.144. The van der Waals surface area contributed by atoms with Crippen LogP contribution < -0.4 is 0 Å². The minimum Gasteiger partial charge on any atom is -0.391 e. The van der Waals surface area contributed by atoms with E-state index in [0.29, 0.717) is 0 Å². The second kappa shape index (κ2) is 11.2. The number of aliphatic hydroxyl groups excluding tert-OH is 2. The summed E-state index contributed by atoms with van der Waals surface area (Å²) < 4.78 is 201. The summed E-state index contributed by atoms with van der Waals surface area (Å²) >= 11 is 0. The SMILES string of the molecule is C[N+](C)(CCO)CCCN(CC(O)CS(=O)(=O)O)S(=O)(=O)C(F)(F)C(F)(F)C(F)(F)C(F)(F)C(F)(F)F. The molecule has 3 N–H and O–H groups in total. The third kappa shape index (κ3) is 7.75. The molecule has 0 saturated heterocycles. The third-order valence-electron chi connectivity index (χ3n) is 4.87. The van der Waals surface area contributed by atoms with Crippen molar-refractivity contribution in [3.63, 3.8) is 0 Å². The van der Waals surface area contributed by atoms with Gasteiger partial charge in [-0.15, -0.1) is 0 Å². The van der Waals surface area contributed by atoms with Gasteiger partial charge in [-0.3, -0.25) is 4.55 Å². The Hall–Kier alpha value is -1.07. The van der Waals surface area contributed by atoms with Gasteiger partial charge in [-0.25, -0.2) is 8.42 Å². The summed E-state index contributed by atoms with van der Waals surface area (Å²) in [6.07, 6.45) is -10.9. The zero-order chi connectivity index (χ0) is 30.1. The Morgan fingerprint density at radius 1 is 0.811 bits per heavy atom. The molecule has 22 heteroatoms. The molecule has 9 nitrogen and oxygen atoms in total. The van der Waals surface area contributed by atoms with Crippen LogP contribution in [0.15, 0.2) is 0 Å². The number of likely N-dealkylation sites (N-methyl/N-ethyl adjacent to an activating group) is 1. The molecule has 0 aliphatic heterocycles. The summed E-state index contributed by atoms with van der Waals surface area (Å²) in [5, 5.41) is 11.2. The molecule has 0 fully saturated rings. The maximum atomic E-state index is 14.4. The van der Waals surface area contributed by atoms with Gasteiger partial charge in [-0.05, 0) is 0 Å². The van der Waals surface area contributed by atoms with Crippen molar-refractivity contribution in [1.82, 2.24) is 4.31 Å². The molecule has 0 radical (unpaired) electrons. The molecule has 1 unspecified atom stereocenters. The molecule has 0 bridgehead atoms. The van der Waals surface area contributed by atoms with Crippen molar-refractivity contribution in [2.24, 2.45) is 0 Å². The van der Waals surface area contributed by atoms with E-state index in [9.17, 15) is 70.2 Å². The van der Waals surface area contributed by atoms with Crippen LogP contribution in [0.4, 0.5) is 48.3 Å². The normalized spacial score (nSPS) is 16.4. The van der Waals surface area contributed by atoms with Crippen LogP contribution in [0.5, 0.6) is 0 Å². The monoisotopic (exact) mass is 617 g/mol. The first-order valence-electron chi connectivity index (χ1n) is 9.65. The molecule has 37 heavy (non-hydrogen) atoms. The lowest BCUT2D eigenvalue weighted by molar-refractivity contribution is -0.890. The molecule has 0 aliphatic carbocycles. The molecule has 0 aliphatic rings. The fourth-order valence-corrected chi connectivity index (χ4v) is 4.89. The lowest BCUT2D eigenvalue weighted by Crippen LogP contribution is -2.69. The molecule has 0 amide bonds. The Balaban J connectivity index is 6.55. The fourth-order valence-electron chi connectivity index (χ4n) is 2.78. The number of hydrogen-bond donors (Lipinski definition) is 3. The molecule has 0 heterocycles. The van der Waals surface area contributed by atoms with E-state index in [1.807, 2.05) is 0 Å². The average Bonchev–Trinajstić information content (AvgIpc) is 2.63. The van der Waals surface area contributed by atoms with Crippen LogP contribution in [0.2, 0.25) is 0 Å². The van der Waals surface area contributed by atoms with Gasteiger partial charge in [0.15, 0.2) is 0 Å². The summed E-state index contributed by atoms with van der Waals surface area (Å²) in [5.41, 5.74) is 0.